The smallest absolute Gasteiger partial charge is 0.275 e. The van der Waals surface area contributed by atoms with E-state index in [0.717, 1.165) is 17.9 Å². The third kappa shape index (κ3) is 3.96. The molecule has 160 valence electrons. The van der Waals surface area contributed by atoms with Gasteiger partial charge < -0.3 is 10.2 Å². The standard InChI is InChI=1S/C22H29ClN6O/c1-5-29-13-16(23)18(27-29)19(30)28-11-10-22(14-28)20(26-21(2,3)4)25-17-9-7-6-8-15(17)12-24-22/h6-9,13,24H,5,10-12,14H2,1-4H3,(H,25,26). The number of benzene rings is 1. The highest BCUT2D eigenvalue weighted by Crippen LogP contribution is 2.32. The molecule has 1 aromatic heterocycles. The molecule has 4 rings (SSSR count). The van der Waals surface area contributed by atoms with Gasteiger partial charge in [-0.25, -0.2) is 0 Å². The van der Waals surface area contributed by atoms with Gasteiger partial charge in [0.25, 0.3) is 5.91 Å². The number of aromatic nitrogens is 2. The number of fused-ring (bicyclic) bond motifs is 1. The summed E-state index contributed by atoms with van der Waals surface area (Å²) in [6.07, 6.45) is 2.47. The fourth-order valence-electron chi connectivity index (χ4n) is 4.04. The Kier molecular flexibility index (Phi) is 5.36. The molecule has 1 fully saturated rings. The van der Waals surface area contributed by atoms with Crippen molar-refractivity contribution in [2.24, 2.45) is 4.99 Å². The highest BCUT2D eigenvalue weighted by atomic mass is 35.5. The molecule has 2 N–H and O–H groups in total. The third-order valence-corrected chi connectivity index (χ3v) is 5.86. The van der Waals surface area contributed by atoms with Gasteiger partial charge in [-0.05, 0) is 45.7 Å². The molecule has 0 bridgehead atoms. The lowest BCUT2D eigenvalue weighted by Crippen LogP contribution is -2.56. The van der Waals surface area contributed by atoms with Crippen molar-refractivity contribution in [3.8, 4) is 0 Å². The predicted molar refractivity (Wildman–Crippen MR) is 120 cm³/mol. The summed E-state index contributed by atoms with van der Waals surface area (Å²) in [6, 6.07) is 8.24. The van der Waals surface area contributed by atoms with Crippen LogP contribution in [0.3, 0.4) is 0 Å². The normalized spacial score (nSPS) is 22.8. The Morgan fingerprint density at radius 1 is 1.33 bits per heavy atom. The van der Waals surface area contributed by atoms with E-state index in [4.69, 9.17) is 16.6 Å². The minimum atomic E-state index is -0.443. The van der Waals surface area contributed by atoms with Crippen LogP contribution in [0.4, 0.5) is 5.69 Å². The minimum Gasteiger partial charge on any atom is -0.342 e. The number of halogens is 1. The fraction of sp³-hybridized carbons (Fsp3) is 0.500. The molecule has 1 aromatic carbocycles. The van der Waals surface area contributed by atoms with Crippen LogP contribution >= 0.6 is 11.6 Å². The van der Waals surface area contributed by atoms with Crippen LogP contribution in [0.1, 0.15) is 50.2 Å². The number of anilines is 1. The number of rotatable bonds is 2. The number of carbonyl (C=O) groups is 1. The molecule has 30 heavy (non-hydrogen) atoms. The first-order valence-corrected chi connectivity index (χ1v) is 10.8. The number of nitrogens with one attached hydrogen (secondary N) is 2. The lowest BCUT2D eigenvalue weighted by molar-refractivity contribution is 0.0779. The van der Waals surface area contributed by atoms with Crippen molar-refractivity contribution in [3.05, 3.63) is 46.7 Å². The van der Waals surface area contributed by atoms with Gasteiger partial charge in [-0.2, -0.15) is 5.10 Å². The van der Waals surface area contributed by atoms with E-state index in [1.54, 1.807) is 10.9 Å². The number of aliphatic imine (C=N–C) groups is 1. The molecule has 2 aromatic rings. The van der Waals surface area contributed by atoms with E-state index in [9.17, 15) is 4.79 Å². The van der Waals surface area contributed by atoms with Crippen molar-refractivity contribution in [2.45, 2.75) is 58.3 Å². The zero-order valence-electron chi connectivity index (χ0n) is 18.0. The van der Waals surface area contributed by atoms with Crippen LogP contribution in [-0.4, -0.2) is 50.6 Å². The zero-order chi connectivity index (χ0) is 21.5. The first-order chi connectivity index (χ1) is 14.2. The molecule has 0 aliphatic carbocycles. The van der Waals surface area contributed by atoms with Crippen LogP contribution in [0.25, 0.3) is 0 Å². The number of amides is 1. The maximum Gasteiger partial charge on any atom is 0.275 e. The van der Waals surface area contributed by atoms with Crippen LogP contribution in [0, 0.1) is 0 Å². The van der Waals surface area contributed by atoms with Crippen molar-refractivity contribution in [1.82, 2.24) is 20.0 Å². The molecule has 7 nitrogen and oxygen atoms in total. The Hall–Kier alpha value is -2.38. The van der Waals surface area contributed by atoms with Crippen LogP contribution in [-0.2, 0) is 13.1 Å². The van der Waals surface area contributed by atoms with Crippen LogP contribution in [0.15, 0.2) is 35.5 Å². The highest BCUT2D eigenvalue weighted by Gasteiger charge is 2.46. The molecule has 1 unspecified atom stereocenters. The van der Waals surface area contributed by atoms with E-state index in [1.807, 2.05) is 24.0 Å². The summed E-state index contributed by atoms with van der Waals surface area (Å²) in [7, 11) is 0. The van der Waals surface area contributed by atoms with Gasteiger partial charge in [0.2, 0.25) is 0 Å². The first kappa shape index (κ1) is 20.9. The molecule has 3 heterocycles. The van der Waals surface area contributed by atoms with E-state index in [1.165, 1.54) is 5.56 Å². The number of nitrogens with zero attached hydrogens (tertiary/aromatic N) is 4. The Morgan fingerprint density at radius 2 is 2.10 bits per heavy atom. The number of para-hydroxylation sites is 1. The number of hydrogen-bond donors (Lipinski definition) is 2. The van der Waals surface area contributed by atoms with Crippen LogP contribution < -0.4 is 10.6 Å². The van der Waals surface area contributed by atoms with E-state index in [2.05, 4.69) is 48.6 Å². The Morgan fingerprint density at radius 3 is 2.80 bits per heavy atom. The van der Waals surface area contributed by atoms with Crippen LogP contribution in [0.2, 0.25) is 5.02 Å². The van der Waals surface area contributed by atoms with Gasteiger partial charge in [-0.15, -0.1) is 0 Å². The average Bonchev–Trinajstić information content (AvgIpc) is 3.26. The van der Waals surface area contributed by atoms with E-state index >= 15 is 0 Å². The molecule has 2 aliphatic rings. The number of hydrogen-bond acceptors (Lipinski definition) is 4. The number of likely N-dealkylation sites (tertiary alicyclic amines) is 1. The molecule has 1 spiro atoms. The summed E-state index contributed by atoms with van der Waals surface area (Å²) < 4.78 is 1.69. The second-order valence-corrected chi connectivity index (χ2v) is 9.41. The molecule has 2 aliphatic heterocycles. The van der Waals surface area contributed by atoms with E-state index in [-0.39, 0.29) is 11.4 Å². The lowest BCUT2D eigenvalue weighted by atomic mass is 9.95. The van der Waals surface area contributed by atoms with Crippen molar-refractivity contribution >= 4 is 29.0 Å². The van der Waals surface area contributed by atoms with Crippen molar-refractivity contribution < 1.29 is 4.79 Å². The minimum absolute atomic E-state index is 0.136. The van der Waals surface area contributed by atoms with Gasteiger partial charge in [-0.1, -0.05) is 29.8 Å². The fourth-order valence-corrected chi connectivity index (χ4v) is 4.27. The van der Waals surface area contributed by atoms with E-state index < -0.39 is 5.54 Å². The van der Waals surface area contributed by atoms with Crippen molar-refractivity contribution in [1.29, 1.82) is 0 Å². The monoisotopic (exact) mass is 428 g/mol. The SMILES string of the molecule is CCn1cc(Cl)c(C(=O)N2CCC3(C2)NCc2ccccc2NC3=NC(C)(C)C)n1. The average molecular weight is 429 g/mol. The summed E-state index contributed by atoms with van der Waals surface area (Å²) in [5.74, 6) is 0.739. The summed E-state index contributed by atoms with van der Waals surface area (Å²) in [4.78, 5) is 20.1. The van der Waals surface area contributed by atoms with Gasteiger partial charge in [0.15, 0.2) is 5.69 Å². The highest BCUT2D eigenvalue weighted by molar-refractivity contribution is 6.33. The molecule has 1 saturated heterocycles. The second-order valence-electron chi connectivity index (χ2n) is 9.01. The molecular formula is C22H29ClN6O. The molecule has 8 heteroatoms. The quantitative estimate of drug-likeness (QED) is 0.767. The maximum atomic E-state index is 13.2. The summed E-state index contributed by atoms with van der Waals surface area (Å²) in [5.41, 5.74) is 1.86. The molecule has 1 amide bonds. The predicted octanol–water partition coefficient (Wildman–Crippen LogP) is 3.55. The summed E-state index contributed by atoms with van der Waals surface area (Å²) in [6.45, 7) is 10.7. The first-order valence-electron chi connectivity index (χ1n) is 10.4. The Labute approximate surface area is 182 Å². The van der Waals surface area contributed by atoms with Gasteiger partial charge in [0, 0.05) is 38.1 Å². The zero-order valence-corrected chi connectivity index (χ0v) is 18.8. The Balaban J connectivity index is 1.66. The second kappa shape index (κ2) is 7.71. The topological polar surface area (TPSA) is 74.6 Å². The number of amidine groups is 1. The summed E-state index contributed by atoms with van der Waals surface area (Å²) >= 11 is 6.29. The number of carbonyl (C=O) groups excluding carboxylic acids is 1. The van der Waals surface area contributed by atoms with Gasteiger partial charge >= 0.3 is 0 Å². The van der Waals surface area contributed by atoms with E-state index in [0.29, 0.717) is 36.9 Å². The molecule has 1 atom stereocenters. The molecule has 0 saturated carbocycles. The molecule has 0 radical (unpaired) electrons. The largest absolute Gasteiger partial charge is 0.342 e. The lowest BCUT2D eigenvalue weighted by Gasteiger charge is -2.32. The summed E-state index contributed by atoms with van der Waals surface area (Å²) in [5, 5.41) is 12.0. The maximum absolute atomic E-state index is 13.2. The van der Waals surface area contributed by atoms with Gasteiger partial charge in [0.05, 0.1) is 16.1 Å². The third-order valence-electron chi connectivity index (χ3n) is 5.59. The van der Waals surface area contributed by atoms with Gasteiger partial charge in [-0.3, -0.25) is 19.8 Å². The Bertz CT molecular complexity index is 992. The van der Waals surface area contributed by atoms with Crippen molar-refractivity contribution in [3.63, 3.8) is 0 Å². The van der Waals surface area contributed by atoms with Crippen molar-refractivity contribution in [2.75, 3.05) is 18.4 Å². The van der Waals surface area contributed by atoms with Gasteiger partial charge in [0.1, 0.15) is 5.84 Å². The number of aryl methyl sites for hydroxylation is 1. The molecular weight excluding hydrogens is 400 g/mol. The van der Waals surface area contributed by atoms with Crippen LogP contribution in [0.5, 0.6) is 0 Å².